The van der Waals surface area contributed by atoms with Crippen LogP contribution >= 0.6 is 15.9 Å². The molecule has 4 nitrogen and oxygen atoms in total. The summed E-state index contributed by atoms with van der Waals surface area (Å²) in [5, 5.41) is 0. The normalized spacial score (nSPS) is 10.3. The molecule has 2 rings (SSSR count). The smallest absolute Gasteiger partial charge is 0.374 e. The Morgan fingerprint density at radius 1 is 1.47 bits per heavy atom. The fraction of sp³-hybridized carbons (Fsp3) is 0.167. The first kappa shape index (κ1) is 11.9. The van der Waals surface area contributed by atoms with Crippen LogP contribution in [0.4, 0.5) is 0 Å². The number of nitrogens with zero attached hydrogens (tertiary/aromatic N) is 1. The number of rotatable bonds is 2. The van der Waals surface area contributed by atoms with E-state index in [0.29, 0.717) is 0 Å². The van der Waals surface area contributed by atoms with Gasteiger partial charge in [0.2, 0.25) is 5.82 Å². The van der Waals surface area contributed by atoms with E-state index in [1.807, 2.05) is 25.1 Å². The summed E-state index contributed by atoms with van der Waals surface area (Å²) in [6, 6.07) is 5.94. The van der Waals surface area contributed by atoms with E-state index < -0.39 is 5.97 Å². The van der Waals surface area contributed by atoms with Crippen LogP contribution in [0, 0.1) is 6.92 Å². The number of nitrogens with one attached hydrogen (secondary N) is 1. The van der Waals surface area contributed by atoms with E-state index in [2.05, 4.69) is 30.6 Å². The zero-order valence-corrected chi connectivity index (χ0v) is 11.0. The highest BCUT2D eigenvalue weighted by Crippen LogP contribution is 2.25. The fourth-order valence-electron chi connectivity index (χ4n) is 1.54. The van der Waals surface area contributed by atoms with Crippen molar-refractivity contribution < 1.29 is 9.53 Å². The van der Waals surface area contributed by atoms with Gasteiger partial charge in [-0.25, -0.2) is 9.78 Å². The van der Waals surface area contributed by atoms with Crippen LogP contribution in [-0.2, 0) is 4.74 Å². The summed E-state index contributed by atoms with van der Waals surface area (Å²) >= 11 is 3.42. The monoisotopic (exact) mass is 294 g/mol. The molecule has 0 atom stereocenters. The number of H-pyrrole nitrogens is 1. The number of aryl methyl sites for hydroxylation is 1. The van der Waals surface area contributed by atoms with Crippen LogP contribution in [0.3, 0.4) is 0 Å². The number of carbonyl (C=O) groups excluding carboxylic acids is 1. The van der Waals surface area contributed by atoms with Gasteiger partial charge in [0.15, 0.2) is 0 Å². The van der Waals surface area contributed by atoms with E-state index in [-0.39, 0.29) is 5.82 Å². The number of hydrogen-bond acceptors (Lipinski definition) is 3. The molecule has 0 amide bonds. The van der Waals surface area contributed by atoms with Gasteiger partial charge in [-0.15, -0.1) is 0 Å². The number of aromatic nitrogens is 2. The predicted molar refractivity (Wildman–Crippen MR) is 67.8 cm³/mol. The molecule has 0 aliphatic heterocycles. The molecule has 5 heteroatoms. The van der Waals surface area contributed by atoms with Crippen molar-refractivity contribution in [3.63, 3.8) is 0 Å². The van der Waals surface area contributed by atoms with Crippen molar-refractivity contribution in [1.82, 2.24) is 9.97 Å². The predicted octanol–water partition coefficient (Wildman–Crippen LogP) is 2.93. The molecule has 1 aromatic heterocycles. The molecule has 17 heavy (non-hydrogen) atoms. The SMILES string of the molecule is COC(=O)c1ncc(-c2cc(Br)ccc2C)[nH]1. The molecule has 1 N–H and O–H groups in total. The van der Waals surface area contributed by atoms with Gasteiger partial charge in [0.25, 0.3) is 0 Å². The number of ether oxygens (including phenoxy) is 1. The lowest BCUT2D eigenvalue weighted by molar-refractivity contribution is 0.0588. The molecule has 1 aromatic carbocycles. The number of benzene rings is 1. The minimum absolute atomic E-state index is 0.210. The summed E-state index contributed by atoms with van der Waals surface area (Å²) in [7, 11) is 1.33. The van der Waals surface area contributed by atoms with Gasteiger partial charge in [-0.05, 0) is 24.6 Å². The van der Waals surface area contributed by atoms with Crippen molar-refractivity contribution in [3.8, 4) is 11.3 Å². The van der Waals surface area contributed by atoms with Crippen molar-refractivity contribution in [2.45, 2.75) is 6.92 Å². The highest BCUT2D eigenvalue weighted by molar-refractivity contribution is 9.10. The van der Waals surface area contributed by atoms with Crippen molar-refractivity contribution in [2.24, 2.45) is 0 Å². The van der Waals surface area contributed by atoms with Crippen LogP contribution in [0.1, 0.15) is 16.2 Å². The molecule has 0 aliphatic carbocycles. The van der Waals surface area contributed by atoms with Crippen molar-refractivity contribution in [3.05, 3.63) is 40.3 Å². The third-order valence-electron chi connectivity index (χ3n) is 2.44. The first-order valence-corrected chi connectivity index (χ1v) is 5.81. The van der Waals surface area contributed by atoms with E-state index in [0.717, 1.165) is 21.3 Å². The fourth-order valence-corrected chi connectivity index (χ4v) is 1.90. The van der Waals surface area contributed by atoms with E-state index in [4.69, 9.17) is 0 Å². The Balaban J connectivity index is 2.43. The Kier molecular flexibility index (Phi) is 3.28. The van der Waals surface area contributed by atoms with Gasteiger partial charge in [-0.2, -0.15) is 0 Å². The quantitative estimate of drug-likeness (QED) is 0.867. The molecule has 0 bridgehead atoms. The van der Waals surface area contributed by atoms with Crippen LogP contribution in [0.25, 0.3) is 11.3 Å². The molecule has 88 valence electrons. The molecule has 0 unspecified atom stereocenters. The lowest BCUT2D eigenvalue weighted by atomic mass is 10.1. The van der Waals surface area contributed by atoms with E-state index in [1.165, 1.54) is 7.11 Å². The molecule has 1 heterocycles. The Labute approximate surface area is 107 Å². The first-order chi connectivity index (χ1) is 8.11. The number of esters is 1. The summed E-state index contributed by atoms with van der Waals surface area (Å²) in [5.74, 6) is -0.259. The standard InChI is InChI=1S/C12H11BrN2O2/c1-7-3-4-8(13)5-9(7)10-6-14-11(15-10)12(16)17-2/h3-6H,1-2H3,(H,14,15). The van der Waals surface area contributed by atoms with Gasteiger partial charge < -0.3 is 9.72 Å². The van der Waals surface area contributed by atoms with Crippen LogP contribution in [-0.4, -0.2) is 23.0 Å². The zero-order chi connectivity index (χ0) is 12.4. The number of imidazole rings is 1. The highest BCUT2D eigenvalue weighted by Gasteiger charge is 2.12. The van der Waals surface area contributed by atoms with Crippen LogP contribution in [0.2, 0.25) is 0 Å². The zero-order valence-electron chi connectivity index (χ0n) is 9.45. The van der Waals surface area contributed by atoms with Gasteiger partial charge in [-0.3, -0.25) is 0 Å². The van der Waals surface area contributed by atoms with Crippen LogP contribution in [0.15, 0.2) is 28.9 Å². The van der Waals surface area contributed by atoms with Gasteiger partial charge >= 0.3 is 5.97 Å². The van der Waals surface area contributed by atoms with Crippen LogP contribution in [0.5, 0.6) is 0 Å². The average Bonchev–Trinajstić information content (AvgIpc) is 2.80. The second-order valence-electron chi connectivity index (χ2n) is 3.60. The Morgan fingerprint density at radius 3 is 2.94 bits per heavy atom. The topological polar surface area (TPSA) is 55.0 Å². The first-order valence-electron chi connectivity index (χ1n) is 5.01. The lowest BCUT2D eigenvalue weighted by Crippen LogP contribution is -2.03. The maximum Gasteiger partial charge on any atom is 0.374 e. The van der Waals surface area contributed by atoms with Crippen molar-refractivity contribution >= 4 is 21.9 Å². The highest BCUT2D eigenvalue weighted by atomic mass is 79.9. The molecule has 0 fully saturated rings. The van der Waals surface area contributed by atoms with E-state index in [1.54, 1.807) is 6.20 Å². The molecule has 0 aliphatic rings. The molecular weight excluding hydrogens is 284 g/mol. The lowest BCUT2D eigenvalue weighted by Gasteiger charge is -2.03. The summed E-state index contributed by atoms with van der Waals surface area (Å²) in [6.07, 6.45) is 1.63. The summed E-state index contributed by atoms with van der Waals surface area (Å²) in [5.41, 5.74) is 2.90. The summed E-state index contributed by atoms with van der Waals surface area (Å²) in [6.45, 7) is 2.00. The number of hydrogen-bond donors (Lipinski definition) is 1. The third-order valence-corrected chi connectivity index (χ3v) is 2.94. The molecule has 0 radical (unpaired) electrons. The van der Waals surface area contributed by atoms with Gasteiger partial charge in [0, 0.05) is 10.0 Å². The minimum atomic E-state index is -0.469. The summed E-state index contributed by atoms with van der Waals surface area (Å²) < 4.78 is 5.58. The molecule has 0 spiro atoms. The maximum absolute atomic E-state index is 11.3. The third kappa shape index (κ3) is 2.39. The van der Waals surface area contributed by atoms with E-state index >= 15 is 0 Å². The van der Waals surface area contributed by atoms with Crippen molar-refractivity contribution in [1.29, 1.82) is 0 Å². The van der Waals surface area contributed by atoms with Crippen molar-refractivity contribution in [2.75, 3.05) is 7.11 Å². The largest absolute Gasteiger partial charge is 0.463 e. The molecule has 0 saturated carbocycles. The van der Waals surface area contributed by atoms with E-state index in [9.17, 15) is 4.79 Å². The average molecular weight is 295 g/mol. The van der Waals surface area contributed by atoms with Gasteiger partial charge in [-0.1, -0.05) is 22.0 Å². The molecule has 2 aromatic rings. The number of aromatic amines is 1. The number of halogens is 1. The second kappa shape index (κ2) is 4.71. The maximum atomic E-state index is 11.3. The molecule has 0 saturated heterocycles. The summed E-state index contributed by atoms with van der Waals surface area (Å²) in [4.78, 5) is 18.2. The Bertz CT molecular complexity index is 563. The number of methoxy groups -OCH3 is 1. The van der Waals surface area contributed by atoms with Gasteiger partial charge in [0.1, 0.15) is 0 Å². The Hall–Kier alpha value is -1.62. The Morgan fingerprint density at radius 2 is 2.24 bits per heavy atom. The molecular formula is C12H11BrN2O2. The second-order valence-corrected chi connectivity index (χ2v) is 4.51. The minimum Gasteiger partial charge on any atom is -0.463 e. The van der Waals surface area contributed by atoms with Crippen LogP contribution < -0.4 is 0 Å². The number of carbonyl (C=O) groups is 1. The van der Waals surface area contributed by atoms with Gasteiger partial charge in [0.05, 0.1) is 19.0 Å².